The number of halogens is 1. The van der Waals surface area contributed by atoms with Gasteiger partial charge in [0.15, 0.2) is 0 Å². The predicted molar refractivity (Wildman–Crippen MR) is 52.4 cm³/mol. The van der Waals surface area contributed by atoms with Crippen LogP contribution in [0.2, 0.25) is 0 Å². The molecule has 0 radical (unpaired) electrons. The van der Waals surface area contributed by atoms with E-state index in [9.17, 15) is 9.18 Å². The highest BCUT2D eigenvalue weighted by Crippen LogP contribution is 2.13. The molecular formula is C9H8FN5O. The summed E-state index contributed by atoms with van der Waals surface area (Å²) in [7, 11) is 0. The van der Waals surface area contributed by atoms with Crippen LogP contribution in [0.5, 0.6) is 0 Å². The summed E-state index contributed by atoms with van der Waals surface area (Å²) in [4.78, 5) is 11.7. The molecule has 0 spiro atoms. The van der Waals surface area contributed by atoms with Crippen molar-refractivity contribution in [1.82, 2.24) is 20.2 Å². The van der Waals surface area contributed by atoms with Crippen LogP contribution in [0.4, 0.5) is 4.39 Å². The molecule has 0 aliphatic carbocycles. The van der Waals surface area contributed by atoms with Crippen molar-refractivity contribution in [1.29, 1.82) is 0 Å². The van der Waals surface area contributed by atoms with Gasteiger partial charge in [0, 0.05) is 5.56 Å². The lowest BCUT2D eigenvalue weighted by molar-refractivity contribution is -0.118. The Bertz CT molecular complexity index is 507. The Labute approximate surface area is 89.9 Å². The van der Waals surface area contributed by atoms with Gasteiger partial charge >= 0.3 is 0 Å². The maximum absolute atomic E-state index is 12.7. The summed E-state index contributed by atoms with van der Waals surface area (Å²) in [6.07, 6.45) is 0. The van der Waals surface area contributed by atoms with Crippen LogP contribution in [-0.4, -0.2) is 26.1 Å². The summed E-state index contributed by atoms with van der Waals surface area (Å²) in [6.45, 7) is -0.131. The van der Waals surface area contributed by atoms with E-state index >= 15 is 0 Å². The molecule has 0 aliphatic rings. The Balaban J connectivity index is 2.24. The molecule has 0 saturated heterocycles. The summed E-state index contributed by atoms with van der Waals surface area (Å²) in [5.41, 5.74) is 5.60. The fourth-order valence-corrected chi connectivity index (χ4v) is 1.16. The van der Waals surface area contributed by atoms with Gasteiger partial charge in [-0.15, -0.1) is 10.2 Å². The molecule has 2 aromatic rings. The molecule has 0 fully saturated rings. The van der Waals surface area contributed by atoms with Crippen LogP contribution >= 0.6 is 0 Å². The van der Waals surface area contributed by atoms with Gasteiger partial charge in [0.25, 0.3) is 0 Å². The Hall–Kier alpha value is -2.31. The molecule has 6 nitrogen and oxygen atoms in total. The third-order valence-corrected chi connectivity index (χ3v) is 1.85. The molecule has 2 rings (SSSR count). The van der Waals surface area contributed by atoms with Gasteiger partial charge < -0.3 is 5.73 Å². The van der Waals surface area contributed by atoms with Gasteiger partial charge in [-0.25, -0.2) is 4.39 Å². The number of tetrazole rings is 1. The molecule has 0 saturated carbocycles. The largest absolute Gasteiger partial charge is 0.368 e. The van der Waals surface area contributed by atoms with E-state index in [4.69, 9.17) is 5.73 Å². The van der Waals surface area contributed by atoms with Gasteiger partial charge in [-0.3, -0.25) is 4.79 Å². The smallest absolute Gasteiger partial charge is 0.241 e. The monoisotopic (exact) mass is 221 g/mol. The highest BCUT2D eigenvalue weighted by atomic mass is 19.1. The van der Waals surface area contributed by atoms with Gasteiger partial charge in [-0.2, -0.15) is 4.80 Å². The number of benzene rings is 1. The van der Waals surface area contributed by atoms with Crippen LogP contribution in [0, 0.1) is 5.82 Å². The minimum atomic E-state index is -0.553. The van der Waals surface area contributed by atoms with E-state index in [0.29, 0.717) is 11.4 Å². The van der Waals surface area contributed by atoms with E-state index in [2.05, 4.69) is 15.4 Å². The fourth-order valence-electron chi connectivity index (χ4n) is 1.16. The van der Waals surface area contributed by atoms with Gasteiger partial charge in [0.2, 0.25) is 11.7 Å². The van der Waals surface area contributed by atoms with Crippen molar-refractivity contribution in [3.63, 3.8) is 0 Å². The second-order valence-electron chi connectivity index (χ2n) is 3.12. The number of aromatic nitrogens is 4. The van der Waals surface area contributed by atoms with Crippen LogP contribution < -0.4 is 5.73 Å². The molecule has 1 aromatic heterocycles. The SMILES string of the molecule is NC(=O)Cn1nnc(-c2ccc(F)cc2)n1. The number of rotatable bonds is 3. The predicted octanol–water partition coefficient (Wildman–Crippen LogP) is -0.0355. The Morgan fingerprint density at radius 3 is 2.69 bits per heavy atom. The van der Waals surface area contributed by atoms with E-state index in [1.54, 1.807) is 0 Å². The first-order chi connectivity index (χ1) is 7.65. The Morgan fingerprint density at radius 2 is 2.06 bits per heavy atom. The average Bonchev–Trinajstić information content (AvgIpc) is 2.66. The molecular weight excluding hydrogens is 213 g/mol. The minimum Gasteiger partial charge on any atom is -0.368 e. The molecule has 0 bridgehead atoms. The minimum absolute atomic E-state index is 0.131. The standard InChI is InChI=1S/C9H8FN5O/c10-7-3-1-6(2-4-7)9-12-14-15(13-9)5-8(11)16/h1-4H,5H2,(H2,11,16). The molecule has 1 heterocycles. The van der Waals surface area contributed by atoms with Crippen molar-refractivity contribution < 1.29 is 9.18 Å². The quantitative estimate of drug-likeness (QED) is 0.788. The first-order valence-electron chi connectivity index (χ1n) is 4.47. The van der Waals surface area contributed by atoms with Crippen molar-refractivity contribution >= 4 is 5.91 Å². The lowest BCUT2D eigenvalue weighted by atomic mass is 10.2. The van der Waals surface area contributed by atoms with Crippen molar-refractivity contribution in [2.24, 2.45) is 5.73 Å². The average molecular weight is 221 g/mol. The molecule has 82 valence electrons. The van der Waals surface area contributed by atoms with Gasteiger partial charge in [-0.1, -0.05) is 0 Å². The van der Waals surface area contributed by atoms with E-state index in [0.717, 1.165) is 4.80 Å². The maximum Gasteiger partial charge on any atom is 0.241 e. The van der Waals surface area contributed by atoms with E-state index < -0.39 is 5.91 Å². The second-order valence-corrected chi connectivity index (χ2v) is 3.12. The molecule has 7 heteroatoms. The van der Waals surface area contributed by atoms with Crippen molar-refractivity contribution in [2.45, 2.75) is 6.54 Å². The third kappa shape index (κ3) is 2.19. The first-order valence-corrected chi connectivity index (χ1v) is 4.47. The van der Waals surface area contributed by atoms with E-state index in [1.807, 2.05) is 0 Å². The van der Waals surface area contributed by atoms with Crippen molar-refractivity contribution in [3.05, 3.63) is 30.1 Å². The van der Waals surface area contributed by atoms with Crippen LogP contribution in [0.3, 0.4) is 0 Å². The van der Waals surface area contributed by atoms with Crippen LogP contribution in [0.1, 0.15) is 0 Å². The normalized spacial score (nSPS) is 10.3. The third-order valence-electron chi connectivity index (χ3n) is 1.85. The molecule has 0 aliphatic heterocycles. The number of hydrogen-bond donors (Lipinski definition) is 1. The summed E-state index contributed by atoms with van der Waals surface area (Å²) >= 11 is 0. The molecule has 1 amide bonds. The zero-order valence-corrected chi connectivity index (χ0v) is 8.17. The summed E-state index contributed by atoms with van der Waals surface area (Å²) in [5, 5.41) is 11.3. The first kappa shape index (κ1) is 10.2. The lowest BCUT2D eigenvalue weighted by Crippen LogP contribution is -2.20. The number of nitrogens with zero attached hydrogens (tertiary/aromatic N) is 4. The summed E-state index contributed by atoms with van der Waals surface area (Å²) in [6, 6.07) is 5.65. The lowest BCUT2D eigenvalue weighted by Gasteiger charge is -1.93. The molecule has 16 heavy (non-hydrogen) atoms. The fraction of sp³-hybridized carbons (Fsp3) is 0.111. The van der Waals surface area contributed by atoms with Crippen LogP contribution in [0.25, 0.3) is 11.4 Å². The zero-order valence-electron chi connectivity index (χ0n) is 8.17. The maximum atomic E-state index is 12.7. The highest BCUT2D eigenvalue weighted by Gasteiger charge is 2.07. The Morgan fingerprint density at radius 1 is 1.38 bits per heavy atom. The van der Waals surface area contributed by atoms with Crippen LogP contribution in [0.15, 0.2) is 24.3 Å². The van der Waals surface area contributed by atoms with Crippen LogP contribution in [-0.2, 0) is 11.3 Å². The number of hydrogen-bond acceptors (Lipinski definition) is 4. The number of nitrogens with two attached hydrogens (primary N) is 1. The number of carbonyl (C=O) groups excluding carboxylic acids is 1. The summed E-state index contributed by atoms with van der Waals surface area (Å²) < 4.78 is 12.7. The zero-order chi connectivity index (χ0) is 11.5. The summed E-state index contributed by atoms with van der Waals surface area (Å²) in [5.74, 6) is -0.572. The van der Waals surface area contributed by atoms with E-state index in [-0.39, 0.29) is 12.4 Å². The topological polar surface area (TPSA) is 86.7 Å². The molecule has 2 N–H and O–H groups in total. The van der Waals surface area contributed by atoms with Gasteiger partial charge in [-0.05, 0) is 29.5 Å². The number of primary amides is 1. The second kappa shape index (κ2) is 4.05. The number of carbonyl (C=O) groups is 1. The van der Waals surface area contributed by atoms with Gasteiger partial charge in [0.05, 0.1) is 0 Å². The highest BCUT2D eigenvalue weighted by molar-refractivity contribution is 5.73. The van der Waals surface area contributed by atoms with Gasteiger partial charge in [0.1, 0.15) is 12.4 Å². The van der Waals surface area contributed by atoms with E-state index in [1.165, 1.54) is 24.3 Å². The molecule has 0 unspecified atom stereocenters. The Kier molecular flexibility index (Phi) is 2.59. The van der Waals surface area contributed by atoms with Crippen molar-refractivity contribution in [2.75, 3.05) is 0 Å². The molecule has 1 aromatic carbocycles. The number of amides is 1. The molecule has 0 atom stereocenters. The van der Waals surface area contributed by atoms with Crippen molar-refractivity contribution in [3.8, 4) is 11.4 Å².